The first-order chi connectivity index (χ1) is 8.13. The molecule has 0 spiro atoms. The summed E-state index contributed by atoms with van der Waals surface area (Å²) in [6, 6.07) is 4.54. The van der Waals surface area contributed by atoms with E-state index in [4.69, 9.17) is 22.1 Å². The summed E-state index contributed by atoms with van der Waals surface area (Å²) >= 11 is 5.86. The molecule has 0 atom stereocenters. The van der Waals surface area contributed by atoms with Gasteiger partial charge in [0.25, 0.3) is 0 Å². The predicted molar refractivity (Wildman–Crippen MR) is 68.2 cm³/mol. The highest BCUT2D eigenvalue weighted by Gasteiger charge is 1.99. The molecule has 1 rings (SSSR count). The van der Waals surface area contributed by atoms with Crippen LogP contribution in [-0.4, -0.2) is 19.4 Å². The van der Waals surface area contributed by atoms with Crippen LogP contribution in [0.15, 0.2) is 29.4 Å². The van der Waals surface area contributed by atoms with Gasteiger partial charge in [-0.3, -0.25) is 0 Å². The van der Waals surface area contributed by atoms with E-state index in [0.29, 0.717) is 10.8 Å². The molecule has 0 aromatic heterocycles. The number of hydrogen-bond acceptors (Lipinski definition) is 3. The SMILES string of the molecule is COc1ccc(Cl)cc1C=CC=NNC(N)=O. The van der Waals surface area contributed by atoms with Crippen LogP contribution in [0, 0.1) is 0 Å². The highest BCUT2D eigenvalue weighted by molar-refractivity contribution is 6.30. The zero-order valence-corrected chi connectivity index (χ0v) is 9.94. The Bertz CT molecular complexity index is 458. The van der Waals surface area contributed by atoms with E-state index >= 15 is 0 Å². The second kappa shape index (κ2) is 6.55. The molecule has 1 aromatic carbocycles. The molecule has 0 bridgehead atoms. The van der Waals surface area contributed by atoms with Gasteiger partial charge in [-0.25, -0.2) is 10.2 Å². The van der Waals surface area contributed by atoms with Crippen LogP contribution in [0.3, 0.4) is 0 Å². The molecule has 6 heteroatoms. The summed E-state index contributed by atoms with van der Waals surface area (Å²) in [5.41, 5.74) is 7.71. The lowest BCUT2D eigenvalue weighted by Crippen LogP contribution is -2.24. The van der Waals surface area contributed by atoms with Crippen molar-refractivity contribution in [3.8, 4) is 5.75 Å². The fraction of sp³-hybridized carbons (Fsp3) is 0.0909. The van der Waals surface area contributed by atoms with E-state index in [2.05, 4.69) is 10.5 Å². The number of primary amides is 1. The highest BCUT2D eigenvalue weighted by Crippen LogP contribution is 2.23. The van der Waals surface area contributed by atoms with Gasteiger partial charge in [0.05, 0.1) is 7.11 Å². The smallest absolute Gasteiger partial charge is 0.332 e. The summed E-state index contributed by atoms with van der Waals surface area (Å²) in [5.74, 6) is 0.696. The summed E-state index contributed by atoms with van der Waals surface area (Å²) in [6.07, 6.45) is 4.77. The quantitative estimate of drug-likeness (QED) is 0.636. The van der Waals surface area contributed by atoms with E-state index in [9.17, 15) is 4.79 Å². The topological polar surface area (TPSA) is 76.7 Å². The van der Waals surface area contributed by atoms with Gasteiger partial charge >= 0.3 is 6.03 Å². The lowest BCUT2D eigenvalue weighted by molar-refractivity contribution is 0.249. The average molecular weight is 254 g/mol. The molecule has 90 valence electrons. The molecule has 5 nitrogen and oxygen atoms in total. The molecule has 0 aliphatic rings. The number of nitrogens with two attached hydrogens (primary N) is 1. The number of nitrogens with one attached hydrogen (secondary N) is 1. The minimum atomic E-state index is -0.713. The van der Waals surface area contributed by atoms with Crippen LogP contribution in [0.25, 0.3) is 6.08 Å². The third-order valence-corrected chi connectivity index (χ3v) is 2.04. The molecule has 0 fully saturated rings. The van der Waals surface area contributed by atoms with Crippen LogP contribution in [0.1, 0.15) is 5.56 Å². The molecular formula is C11H12ClN3O2. The van der Waals surface area contributed by atoms with Gasteiger partial charge in [-0.15, -0.1) is 0 Å². The summed E-state index contributed by atoms with van der Waals surface area (Å²) in [4.78, 5) is 10.3. The maximum absolute atomic E-state index is 10.3. The Morgan fingerprint density at radius 2 is 2.35 bits per heavy atom. The zero-order valence-electron chi connectivity index (χ0n) is 9.18. The van der Waals surface area contributed by atoms with Crippen molar-refractivity contribution < 1.29 is 9.53 Å². The number of rotatable bonds is 4. The first kappa shape index (κ1) is 13.1. The fourth-order valence-corrected chi connectivity index (χ4v) is 1.31. The van der Waals surface area contributed by atoms with Crippen LogP contribution in [-0.2, 0) is 0 Å². The normalized spacial score (nSPS) is 10.9. The highest BCUT2D eigenvalue weighted by atomic mass is 35.5. The number of ether oxygens (including phenoxy) is 1. The largest absolute Gasteiger partial charge is 0.496 e. The molecule has 1 aromatic rings. The van der Waals surface area contributed by atoms with Crippen molar-refractivity contribution in [3.05, 3.63) is 34.9 Å². The van der Waals surface area contributed by atoms with E-state index < -0.39 is 6.03 Å². The summed E-state index contributed by atoms with van der Waals surface area (Å²) in [7, 11) is 1.57. The van der Waals surface area contributed by atoms with Gasteiger partial charge in [-0.2, -0.15) is 5.10 Å². The number of hydrazone groups is 1. The summed E-state index contributed by atoms with van der Waals surface area (Å²) < 4.78 is 5.15. The minimum absolute atomic E-state index is 0.609. The Hall–Kier alpha value is -2.01. The standard InChI is InChI=1S/C11H12ClN3O2/c1-17-10-5-4-9(12)7-8(10)3-2-6-14-15-11(13)16/h2-7H,1H3,(H3,13,15,16). The van der Waals surface area contributed by atoms with Crippen LogP contribution in [0.4, 0.5) is 4.79 Å². The molecule has 0 aliphatic carbocycles. The number of hydrogen-bond donors (Lipinski definition) is 2. The van der Waals surface area contributed by atoms with Gasteiger partial charge in [0.15, 0.2) is 0 Å². The Morgan fingerprint density at radius 3 is 3.00 bits per heavy atom. The van der Waals surface area contributed by atoms with E-state index in [0.717, 1.165) is 5.56 Å². The number of benzene rings is 1. The second-order valence-electron chi connectivity index (χ2n) is 3.00. The van der Waals surface area contributed by atoms with Gasteiger partial charge in [-0.1, -0.05) is 11.6 Å². The summed E-state index contributed by atoms with van der Waals surface area (Å²) in [5, 5.41) is 4.16. The number of halogens is 1. The first-order valence-electron chi connectivity index (χ1n) is 4.72. The molecule has 0 radical (unpaired) electrons. The number of amides is 2. The summed E-state index contributed by atoms with van der Waals surface area (Å²) in [6.45, 7) is 0. The van der Waals surface area contributed by atoms with Crippen molar-refractivity contribution in [2.75, 3.05) is 7.11 Å². The molecule has 3 N–H and O–H groups in total. The molecule has 0 saturated carbocycles. The monoisotopic (exact) mass is 253 g/mol. The molecule has 0 aliphatic heterocycles. The molecule has 2 amide bonds. The number of carbonyl (C=O) groups is 1. The maximum Gasteiger partial charge on any atom is 0.332 e. The van der Waals surface area contributed by atoms with Gasteiger partial charge in [0, 0.05) is 16.8 Å². The van der Waals surface area contributed by atoms with Crippen molar-refractivity contribution in [2.45, 2.75) is 0 Å². The van der Waals surface area contributed by atoms with Crippen molar-refractivity contribution in [2.24, 2.45) is 10.8 Å². The molecule has 17 heavy (non-hydrogen) atoms. The Morgan fingerprint density at radius 1 is 1.59 bits per heavy atom. The Labute approximate surface area is 104 Å². The fourth-order valence-electron chi connectivity index (χ4n) is 1.13. The second-order valence-corrected chi connectivity index (χ2v) is 3.44. The molecular weight excluding hydrogens is 242 g/mol. The lowest BCUT2D eigenvalue weighted by Gasteiger charge is -2.04. The lowest BCUT2D eigenvalue weighted by atomic mass is 10.2. The van der Waals surface area contributed by atoms with Gasteiger partial charge in [0.1, 0.15) is 5.75 Å². The number of methoxy groups -OCH3 is 1. The van der Waals surface area contributed by atoms with Gasteiger partial charge < -0.3 is 10.5 Å². The van der Waals surface area contributed by atoms with Crippen molar-refractivity contribution in [1.29, 1.82) is 0 Å². The number of urea groups is 1. The third kappa shape index (κ3) is 4.56. The van der Waals surface area contributed by atoms with Crippen molar-refractivity contribution in [1.82, 2.24) is 5.43 Å². The number of nitrogens with zero attached hydrogens (tertiary/aromatic N) is 1. The van der Waals surface area contributed by atoms with Gasteiger partial charge in [0.2, 0.25) is 0 Å². The molecule has 0 unspecified atom stereocenters. The van der Waals surface area contributed by atoms with E-state index in [1.165, 1.54) is 6.21 Å². The minimum Gasteiger partial charge on any atom is -0.496 e. The third-order valence-electron chi connectivity index (χ3n) is 1.80. The van der Waals surface area contributed by atoms with Crippen molar-refractivity contribution in [3.63, 3.8) is 0 Å². The Balaban J connectivity index is 2.73. The number of allylic oxidation sites excluding steroid dienone is 1. The average Bonchev–Trinajstić information content (AvgIpc) is 2.28. The number of carbonyl (C=O) groups excluding carboxylic acids is 1. The molecule has 0 heterocycles. The maximum atomic E-state index is 10.3. The van der Waals surface area contributed by atoms with E-state index in [1.54, 1.807) is 37.5 Å². The van der Waals surface area contributed by atoms with Crippen LogP contribution in [0.2, 0.25) is 5.02 Å². The van der Waals surface area contributed by atoms with Crippen LogP contribution < -0.4 is 15.9 Å². The van der Waals surface area contributed by atoms with E-state index in [1.807, 2.05) is 0 Å². The van der Waals surface area contributed by atoms with Gasteiger partial charge in [-0.05, 0) is 30.4 Å². The first-order valence-corrected chi connectivity index (χ1v) is 5.10. The predicted octanol–water partition coefficient (Wildman–Crippen LogP) is 2.02. The Kier molecular flexibility index (Phi) is 5.03. The van der Waals surface area contributed by atoms with Crippen molar-refractivity contribution >= 4 is 29.9 Å². The van der Waals surface area contributed by atoms with Crippen LogP contribution in [0.5, 0.6) is 5.75 Å². The molecule has 0 saturated heterocycles. The van der Waals surface area contributed by atoms with E-state index in [-0.39, 0.29) is 0 Å². The zero-order chi connectivity index (χ0) is 12.7. The van der Waals surface area contributed by atoms with Crippen LogP contribution >= 0.6 is 11.6 Å².